The zero-order valence-electron chi connectivity index (χ0n) is 17.0. The smallest absolute Gasteiger partial charge is 0.193 e. The molecule has 0 atom stereocenters. The third-order valence-corrected chi connectivity index (χ3v) is 4.81. The van der Waals surface area contributed by atoms with Crippen molar-refractivity contribution in [2.24, 2.45) is 0 Å². The predicted molar refractivity (Wildman–Crippen MR) is 113 cm³/mol. The highest BCUT2D eigenvalue weighted by atomic mass is 16.1. The molecule has 2 aromatic rings. The predicted octanol–water partition coefficient (Wildman–Crippen LogP) is 5.39. The molecule has 0 aliphatic heterocycles. The first-order valence-corrected chi connectivity index (χ1v) is 9.67. The third kappa shape index (κ3) is 4.46. The summed E-state index contributed by atoms with van der Waals surface area (Å²) >= 11 is 0. The van der Waals surface area contributed by atoms with Crippen molar-refractivity contribution in [2.75, 3.05) is 22.9 Å². The summed E-state index contributed by atoms with van der Waals surface area (Å²) in [7, 11) is 0. The SMILES string of the molecule is CCN(c1cccc(C(=O)c2cccc(N(CC)C(C)C)c2)c1)C(C)C. The van der Waals surface area contributed by atoms with E-state index in [2.05, 4.69) is 63.5 Å². The Hall–Kier alpha value is -2.29. The highest BCUT2D eigenvalue weighted by molar-refractivity contribution is 6.09. The Morgan fingerprint density at radius 3 is 1.46 bits per heavy atom. The lowest BCUT2D eigenvalue weighted by atomic mass is 10.0. The molecule has 0 N–H and O–H groups in total. The summed E-state index contributed by atoms with van der Waals surface area (Å²) in [4.78, 5) is 17.7. The number of hydrogen-bond acceptors (Lipinski definition) is 3. The highest BCUT2D eigenvalue weighted by Crippen LogP contribution is 2.23. The average molecular weight is 353 g/mol. The van der Waals surface area contributed by atoms with Crippen molar-refractivity contribution in [1.82, 2.24) is 0 Å². The van der Waals surface area contributed by atoms with Crippen molar-refractivity contribution < 1.29 is 4.79 Å². The van der Waals surface area contributed by atoms with Crippen LogP contribution in [0, 0.1) is 0 Å². The molecular weight excluding hydrogens is 320 g/mol. The fraction of sp³-hybridized carbons (Fsp3) is 0.435. The van der Waals surface area contributed by atoms with Gasteiger partial charge in [-0.3, -0.25) is 4.79 Å². The minimum absolute atomic E-state index is 0.0771. The Kier molecular flexibility index (Phi) is 6.84. The van der Waals surface area contributed by atoms with Gasteiger partial charge in [-0.2, -0.15) is 0 Å². The number of anilines is 2. The second-order valence-electron chi connectivity index (χ2n) is 7.19. The molecule has 3 nitrogen and oxygen atoms in total. The number of rotatable bonds is 8. The molecule has 0 spiro atoms. The summed E-state index contributed by atoms with van der Waals surface area (Å²) in [5.74, 6) is 0.0771. The number of benzene rings is 2. The molecule has 3 heteroatoms. The number of carbonyl (C=O) groups excluding carboxylic acids is 1. The van der Waals surface area contributed by atoms with E-state index >= 15 is 0 Å². The van der Waals surface area contributed by atoms with Crippen LogP contribution in [0.5, 0.6) is 0 Å². The zero-order chi connectivity index (χ0) is 19.3. The molecule has 0 aromatic heterocycles. The van der Waals surface area contributed by atoms with E-state index in [1.54, 1.807) is 0 Å². The van der Waals surface area contributed by atoms with Crippen LogP contribution >= 0.6 is 0 Å². The standard InChI is InChI=1S/C23H32N2O/c1-7-24(17(3)4)21-13-9-11-19(15-21)23(26)20-12-10-14-22(16-20)25(8-2)18(5)6/h9-18H,7-8H2,1-6H3. The van der Waals surface area contributed by atoms with Crippen LogP contribution in [0.15, 0.2) is 48.5 Å². The van der Waals surface area contributed by atoms with Crippen LogP contribution < -0.4 is 9.80 Å². The van der Waals surface area contributed by atoms with E-state index in [9.17, 15) is 4.79 Å². The van der Waals surface area contributed by atoms with Crippen molar-refractivity contribution in [2.45, 2.75) is 53.6 Å². The monoisotopic (exact) mass is 352 g/mol. The lowest BCUT2D eigenvalue weighted by Crippen LogP contribution is -2.30. The summed E-state index contributed by atoms with van der Waals surface area (Å²) in [6.45, 7) is 14.8. The molecule has 0 bridgehead atoms. The largest absolute Gasteiger partial charge is 0.369 e. The molecule has 2 rings (SSSR count). The van der Waals surface area contributed by atoms with Crippen LogP contribution in [0.25, 0.3) is 0 Å². The fourth-order valence-electron chi connectivity index (χ4n) is 3.51. The van der Waals surface area contributed by atoms with E-state index in [1.807, 2.05) is 36.4 Å². The summed E-state index contributed by atoms with van der Waals surface area (Å²) in [6.07, 6.45) is 0. The van der Waals surface area contributed by atoms with Crippen LogP contribution in [0.4, 0.5) is 11.4 Å². The molecule has 0 aliphatic carbocycles. The summed E-state index contributed by atoms with van der Waals surface area (Å²) in [5, 5.41) is 0. The van der Waals surface area contributed by atoms with Gasteiger partial charge in [-0.1, -0.05) is 24.3 Å². The number of carbonyl (C=O) groups is 1. The van der Waals surface area contributed by atoms with Crippen LogP contribution in [0.3, 0.4) is 0 Å². The zero-order valence-corrected chi connectivity index (χ0v) is 17.0. The van der Waals surface area contributed by atoms with E-state index < -0.39 is 0 Å². The Balaban J connectivity index is 2.35. The normalized spacial score (nSPS) is 11.1. The van der Waals surface area contributed by atoms with E-state index in [1.165, 1.54) is 0 Å². The van der Waals surface area contributed by atoms with Gasteiger partial charge >= 0.3 is 0 Å². The molecule has 0 fully saturated rings. The average Bonchev–Trinajstić information content (AvgIpc) is 2.62. The van der Waals surface area contributed by atoms with Crippen LogP contribution in [-0.2, 0) is 0 Å². The summed E-state index contributed by atoms with van der Waals surface area (Å²) in [5.41, 5.74) is 3.68. The van der Waals surface area contributed by atoms with Gasteiger partial charge in [0.2, 0.25) is 0 Å². The quantitative estimate of drug-likeness (QED) is 0.595. The fourth-order valence-corrected chi connectivity index (χ4v) is 3.51. The molecule has 0 aliphatic rings. The van der Waals surface area contributed by atoms with Gasteiger partial charge in [0.05, 0.1) is 0 Å². The molecule has 0 saturated heterocycles. The number of ketones is 1. The number of hydrogen-bond donors (Lipinski definition) is 0. The lowest BCUT2D eigenvalue weighted by Gasteiger charge is -2.28. The molecule has 140 valence electrons. The lowest BCUT2D eigenvalue weighted by molar-refractivity contribution is 0.103. The maximum atomic E-state index is 13.1. The highest BCUT2D eigenvalue weighted by Gasteiger charge is 2.15. The Morgan fingerprint density at radius 1 is 0.769 bits per heavy atom. The maximum absolute atomic E-state index is 13.1. The van der Waals surface area contributed by atoms with Crippen LogP contribution in [0.1, 0.15) is 57.5 Å². The second kappa shape index (κ2) is 8.88. The molecule has 0 amide bonds. The number of nitrogens with zero attached hydrogens (tertiary/aromatic N) is 2. The van der Waals surface area contributed by atoms with Crippen molar-refractivity contribution >= 4 is 17.2 Å². The summed E-state index contributed by atoms with van der Waals surface area (Å²) < 4.78 is 0. The Bertz CT molecular complexity index is 675. The van der Waals surface area contributed by atoms with Gasteiger partial charge in [0.1, 0.15) is 0 Å². The minimum Gasteiger partial charge on any atom is -0.369 e. The van der Waals surface area contributed by atoms with Crippen molar-refractivity contribution in [1.29, 1.82) is 0 Å². The first-order valence-electron chi connectivity index (χ1n) is 9.67. The van der Waals surface area contributed by atoms with Crippen molar-refractivity contribution in [3.63, 3.8) is 0 Å². The minimum atomic E-state index is 0.0771. The van der Waals surface area contributed by atoms with Crippen molar-refractivity contribution in [3.8, 4) is 0 Å². The van der Waals surface area contributed by atoms with E-state index in [4.69, 9.17) is 0 Å². The summed E-state index contributed by atoms with van der Waals surface area (Å²) in [6, 6.07) is 16.8. The maximum Gasteiger partial charge on any atom is 0.193 e. The molecule has 0 saturated carbocycles. The van der Waals surface area contributed by atoms with Gasteiger partial charge < -0.3 is 9.80 Å². The first-order chi connectivity index (χ1) is 12.4. The van der Waals surface area contributed by atoms with E-state index in [0.29, 0.717) is 12.1 Å². The van der Waals surface area contributed by atoms with Crippen LogP contribution in [0.2, 0.25) is 0 Å². The first kappa shape index (κ1) is 20.0. The van der Waals surface area contributed by atoms with Gasteiger partial charge in [-0.05, 0) is 65.8 Å². The molecule has 2 aromatic carbocycles. The molecule has 0 heterocycles. The Labute approximate surface area is 158 Å². The van der Waals surface area contributed by atoms with Crippen LogP contribution in [-0.4, -0.2) is 31.0 Å². The second-order valence-corrected chi connectivity index (χ2v) is 7.19. The van der Waals surface area contributed by atoms with Gasteiger partial charge in [0, 0.05) is 47.7 Å². The molecular formula is C23H32N2O. The molecule has 0 radical (unpaired) electrons. The van der Waals surface area contributed by atoms with Gasteiger partial charge in [-0.15, -0.1) is 0 Å². The molecule has 0 unspecified atom stereocenters. The van der Waals surface area contributed by atoms with E-state index in [-0.39, 0.29) is 5.78 Å². The van der Waals surface area contributed by atoms with Gasteiger partial charge in [0.25, 0.3) is 0 Å². The Morgan fingerprint density at radius 2 is 1.15 bits per heavy atom. The molecule has 26 heavy (non-hydrogen) atoms. The van der Waals surface area contributed by atoms with E-state index in [0.717, 1.165) is 35.6 Å². The van der Waals surface area contributed by atoms with Crippen molar-refractivity contribution in [3.05, 3.63) is 59.7 Å². The van der Waals surface area contributed by atoms with Gasteiger partial charge in [-0.25, -0.2) is 0 Å². The van der Waals surface area contributed by atoms with Gasteiger partial charge in [0.15, 0.2) is 5.78 Å². The third-order valence-electron chi connectivity index (χ3n) is 4.81. The topological polar surface area (TPSA) is 23.6 Å².